The van der Waals surface area contributed by atoms with Crippen LogP contribution in [0.3, 0.4) is 0 Å². The first-order valence-electron chi connectivity index (χ1n) is 7.72. The fourth-order valence-corrected chi connectivity index (χ4v) is 2.91. The van der Waals surface area contributed by atoms with Gasteiger partial charge in [0.15, 0.2) is 11.6 Å². The standard InChI is InChI=1S/C18H15BrF2N2O2/c19-11-3-1-10(2-4-11)13-8-14(13)18(25)22-9-17(24)23-12-5-6-15(20)16(21)7-12/h1-7,13-14H,8-9H2,(H,22,25)(H,23,24). The van der Waals surface area contributed by atoms with E-state index in [-0.39, 0.29) is 30.0 Å². The second-order valence-corrected chi connectivity index (χ2v) is 6.81. The zero-order chi connectivity index (χ0) is 18.0. The van der Waals surface area contributed by atoms with Gasteiger partial charge >= 0.3 is 0 Å². The summed E-state index contributed by atoms with van der Waals surface area (Å²) in [4.78, 5) is 23.9. The average molecular weight is 409 g/mol. The third kappa shape index (κ3) is 4.42. The van der Waals surface area contributed by atoms with Crippen molar-refractivity contribution >= 4 is 33.4 Å². The van der Waals surface area contributed by atoms with Crippen LogP contribution in [0.4, 0.5) is 14.5 Å². The molecule has 0 spiro atoms. The van der Waals surface area contributed by atoms with Crippen LogP contribution in [0.15, 0.2) is 46.9 Å². The highest BCUT2D eigenvalue weighted by molar-refractivity contribution is 9.10. The number of nitrogens with one attached hydrogen (secondary N) is 2. The predicted octanol–water partition coefficient (Wildman–Crippen LogP) is 3.59. The van der Waals surface area contributed by atoms with Gasteiger partial charge < -0.3 is 10.6 Å². The summed E-state index contributed by atoms with van der Waals surface area (Å²) in [6, 6.07) is 10.9. The van der Waals surface area contributed by atoms with Crippen LogP contribution in [0, 0.1) is 17.6 Å². The molecule has 1 saturated carbocycles. The van der Waals surface area contributed by atoms with Crippen LogP contribution in [0.5, 0.6) is 0 Å². The van der Waals surface area contributed by atoms with Gasteiger partial charge in [0, 0.05) is 22.1 Å². The maximum absolute atomic E-state index is 13.1. The summed E-state index contributed by atoms with van der Waals surface area (Å²) in [6.45, 7) is -0.221. The van der Waals surface area contributed by atoms with Crippen molar-refractivity contribution in [1.29, 1.82) is 0 Å². The molecule has 0 saturated heterocycles. The molecule has 1 fully saturated rings. The molecule has 0 aliphatic heterocycles. The van der Waals surface area contributed by atoms with Crippen LogP contribution in [0.25, 0.3) is 0 Å². The zero-order valence-corrected chi connectivity index (χ0v) is 14.6. The fourth-order valence-electron chi connectivity index (χ4n) is 2.64. The highest BCUT2D eigenvalue weighted by atomic mass is 79.9. The first kappa shape index (κ1) is 17.5. The highest BCUT2D eigenvalue weighted by Gasteiger charge is 2.43. The van der Waals surface area contributed by atoms with E-state index in [1.54, 1.807) is 0 Å². The molecule has 0 bridgehead atoms. The summed E-state index contributed by atoms with van der Waals surface area (Å²) in [7, 11) is 0. The second-order valence-electron chi connectivity index (χ2n) is 5.90. The molecule has 130 valence electrons. The number of hydrogen-bond donors (Lipinski definition) is 2. The lowest BCUT2D eigenvalue weighted by Gasteiger charge is -2.07. The molecule has 2 amide bonds. The Morgan fingerprint density at radius 1 is 1.08 bits per heavy atom. The minimum atomic E-state index is -1.04. The lowest BCUT2D eigenvalue weighted by atomic mass is 10.1. The van der Waals surface area contributed by atoms with E-state index in [2.05, 4.69) is 26.6 Å². The van der Waals surface area contributed by atoms with E-state index < -0.39 is 17.5 Å². The van der Waals surface area contributed by atoms with E-state index in [0.717, 1.165) is 28.6 Å². The second kappa shape index (κ2) is 7.31. The number of carbonyl (C=O) groups excluding carboxylic acids is 2. The van der Waals surface area contributed by atoms with E-state index in [9.17, 15) is 18.4 Å². The van der Waals surface area contributed by atoms with Crippen molar-refractivity contribution in [2.45, 2.75) is 12.3 Å². The SMILES string of the molecule is O=C(CNC(=O)C1CC1c1ccc(Br)cc1)Nc1ccc(F)c(F)c1. The van der Waals surface area contributed by atoms with Crippen molar-refractivity contribution in [2.24, 2.45) is 5.92 Å². The Labute approximate surface area is 151 Å². The van der Waals surface area contributed by atoms with E-state index in [1.807, 2.05) is 24.3 Å². The summed E-state index contributed by atoms with van der Waals surface area (Å²) < 4.78 is 26.9. The van der Waals surface area contributed by atoms with Gasteiger partial charge in [-0.3, -0.25) is 9.59 Å². The Balaban J connectivity index is 1.47. The first-order valence-corrected chi connectivity index (χ1v) is 8.51. The monoisotopic (exact) mass is 408 g/mol. The molecule has 3 rings (SSSR count). The number of hydrogen-bond acceptors (Lipinski definition) is 2. The van der Waals surface area contributed by atoms with E-state index >= 15 is 0 Å². The number of carbonyl (C=O) groups is 2. The van der Waals surface area contributed by atoms with Crippen LogP contribution in [-0.2, 0) is 9.59 Å². The topological polar surface area (TPSA) is 58.2 Å². The first-order chi connectivity index (χ1) is 11.9. The van der Waals surface area contributed by atoms with Gasteiger partial charge in [0.25, 0.3) is 0 Å². The number of halogens is 3. The molecule has 1 aliphatic carbocycles. The third-order valence-electron chi connectivity index (χ3n) is 4.05. The average Bonchev–Trinajstić information content (AvgIpc) is 3.37. The molecule has 0 radical (unpaired) electrons. The lowest BCUT2D eigenvalue weighted by Crippen LogP contribution is -2.34. The summed E-state index contributed by atoms with van der Waals surface area (Å²) in [5.41, 5.74) is 1.23. The van der Waals surface area contributed by atoms with Crippen LogP contribution in [-0.4, -0.2) is 18.4 Å². The van der Waals surface area contributed by atoms with Crippen molar-refractivity contribution in [1.82, 2.24) is 5.32 Å². The van der Waals surface area contributed by atoms with Crippen LogP contribution in [0.2, 0.25) is 0 Å². The maximum atomic E-state index is 13.1. The Kier molecular flexibility index (Phi) is 5.13. The third-order valence-corrected chi connectivity index (χ3v) is 4.58. The normalized spacial score (nSPS) is 18.5. The smallest absolute Gasteiger partial charge is 0.243 e. The van der Waals surface area contributed by atoms with E-state index in [4.69, 9.17) is 0 Å². The largest absolute Gasteiger partial charge is 0.347 e. The van der Waals surface area contributed by atoms with Crippen molar-refractivity contribution in [2.75, 3.05) is 11.9 Å². The van der Waals surface area contributed by atoms with Crippen molar-refractivity contribution in [3.63, 3.8) is 0 Å². The Bertz CT molecular complexity index is 811. The Hall–Kier alpha value is -2.28. The molecule has 1 aliphatic rings. The van der Waals surface area contributed by atoms with Gasteiger partial charge in [-0.15, -0.1) is 0 Å². The number of rotatable bonds is 5. The van der Waals surface area contributed by atoms with Crippen LogP contribution in [0.1, 0.15) is 17.9 Å². The van der Waals surface area contributed by atoms with E-state index in [0.29, 0.717) is 0 Å². The predicted molar refractivity (Wildman–Crippen MR) is 93.0 cm³/mol. The molecule has 2 aromatic carbocycles. The van der Waals surface area contributed by atoms with Crippen molar-refractivity contribution < 1.29 is 18.4 Å². The summed E-state index contributed by atoms with van der Waals surface area (Å²) in [5.74, 6) is -2.69. The van der Waals surface area contributed by atoms with Crippen molar-refractivity contribution in [3.8, 4) is 0 Å². The molecule has 2 atom stereocenters. The van der Waals surface area contributed by atoms with Crippen molar-refractivity contribution in [3.05, 3.63) is 64.1 Å². The highest BCUT2D eigenvalue weighted by Crippen LogP contribution is 2.47. The molecule has 25 heavy (non-hydrogen) atoms. The molecule has 7 heteroatoms. The van der Waals surface area contributed by atoms with Crippen LogP contribution >= 0.6 is 15.9 Å². The molecular formula is C18H15BrF2N2O2. The van der Waals surface area contributed by atoms with Gasteiger partial charge in [-0.05, 0) is 42.2 Å². The van der Waals surface area contributed by atoms with Gasteiger partial charge in [0.2, 0.25) is 11.8 Å². The Morgan fingerprint density at radius 2 is 1.80 bits per heavy atom. The number of amides is 2. The van der Waals surface area contributed by atoms with Crippen LogP contribution < -0.4 is 10.6 Å². The van der Waals surface area contributed by atoms with Gasteiger partial charge in [-0.1, -0.05) is 28.1 Å². The number of anilines is 1. The minimum absolute atomic E-state index is 0.136. The van der Waals surface area contributed by atoms with Gasteiger partial charge in [-0.2, -0.15) is 0 Å². The quantitative estimate of drug-likeness (QED) is 0.793. The summed E-state index contributed by atoms with van der Waals surface area (Å²) in [6.07, 6.45) is 0.748. The van der Waals surface area contributed by atoms with Gasteiger partial charge in [-0.25, -0.2) is 8.78 Å². The molecule has 4 nitrogen and oxygen atoms in total. The summed E-state index contributed by atoms with van der Waals surface area (Å²) in [5, 5.41) is 4.98. The molecule has 2 aromatic rings. The summed E-state index contributed by atoms with van der Waals surface area (Å²) >= 11 is 3.37. The van der Waals surface area contributed by atoms with Gasteiger partial charge in [0.1, 0.15) is 0 Å². The molecule has 0 aromatic heterocycles. The molecule has 2 unspecified atom stereocenters. The zero-order valence-electron chi connectivity index (χ0n) is 13.1. The number of benzene rings is 2. The molecular weight excluding hydrogens is 394 g/mol. The fraction of sp³-hybridized carbons (Fsp3) is 0.222. The van der Waals surface area contributed by atoms with E-state index in [1.165, 1.54) is 6.07 Å². The maximum Gasteiger partial charge on any atom is 0.243 e. The van der Waals surface area contributed by atoms with Gasteiger partial charge in [0.05, 0.1) is 6.54 Å². The molecule has 0 heterocycles. The molecule has 2 N–H and O–H groups in total. The lowest BCUT2D eigenvalue weighted by molar-refractivity contribution is -0.125. The Morgan fingerprint density at radius 3 is 2.48 bits per heavy atom. The minimum Gasteiger partial charge on any atom is -0.347 e.